The second-order valence-electron chi connectivity index (χ2n) is 4.55. The highest BCUT2D eigenvalue weighted by Gasteiger charge is 2.34. The van der Waals surface area contributed by atoms with Crippen molar-refractivity contribution in [3.8, 4) is 0 Å². The van der Waals surface area contributed by atoms with E-state index in [2.05, 4.69) is 40.7 Å². The molecule has 1 rings (SSSR count). The van der Waals surface area contributed by atoms with Crippen molar-refractivity contribution in [1.82, 2.24) is 0 Å². The fourth-order valence-electron chi connectivity index (χ4n) is 3.20. The average molecular weight is 206 g/mol. The second kappa shape index (κ2) is 5.01. The van der Waals surface area contributed by atoms with Crippen LogP contribution in [0.2, 0.25) is 0 Å². The van der Waals surface area contributed by atoms with E-state index in [-0.39, 0.29) is 0 Å². The summed E-state index contributed by atoms with van der Waals surface area (Å²) in [6, 6.07) is 0. The number of rotatable bonds is 5. The molecule has 0 saturated heterocycles. The van der Waals surface area contributed by atoms with E-state index in [4.69, 9.17) is 0 Å². The fourth-order valence-corrected chi connectivity index (χ4v) is 3.20. The van der Waals surface area contributed by atoms with Gasteiger partial charge in [-0.3, -0.25) is 0 Å². The average Bonchev–Trinajstić information content (AvgIpc) is 2.62. The summed E-state index contributed by atoms with van der Waals surface area (Å²) >= 11 is 0. The monoisotopic (exact) mass is 206 g/mol. The molecule has 1 aliphatic rings. The Morgan fingerprint density at radius 1 is 0.867 bits per heavy atom. The molecule has 0 aromatic rings. The molecular formula is C15H26. The smallest absolute Gasteiger partial charge is 0.00972 e. The van der Waals surface area contributed by atoms with Gasteiger partial charge in [0.25, 0.3) is 0 Å². The minimum Gasteiger partial charge on any atom is -0.0708 e. The lowest BCUT2D eigenvalue weighted by molar-refractivity contribution is 0.419. The van der Waals surface area contributed by atoms with Gasteiger partial charge in [0.15, 0.2) is 0 Å². The molecule has 0 aromatic carbocycles. The van der Waals surface area contributed by atoms with Crippen LogP contribution < -0.4 is 0 Å². The third kappa shape index (κ3) is 1.91. The van der Waals surface area contributed by atoms with E-state index in [1.807, 2.05) is 0 Å². The first-order valence-electron chi connectivity index (χ1n) is 6.63. The van der Waals surface area contributed by atoms with Crippen molar-refractivity contribution in [3.05, 3.63) is 22.8 Å². The van der Waals surface area contributed by atoms with Gasteiger partial charge in [-0.2, -0.15) is 0 Å². The fraction of sp³-hybridized carbons (Fsp3) is 0.733. The zero-order chi connectivity index (χ0) is 11.5. The maximum atomic E-state index is 2.57. The Balaban J connectivity index is 3.22. The van der Waals surface area contributed by atoms with Crippen molar-refractivity contribution in [3.63, 3.8) is 0 Å². The Hall–Kier alpha value is -0.520. The highest BCUT2D eigenvalue weighted by molar-refractivity contribution is 5.48. The summed E-state index contributed by atoms with van der Waals surface area (Å²) in [5.74, 6) is 0. The molecule has 1 aliphatic carbocycles. The molecule has 0 unspecified atom stereocenters. The van der Waals surface area contributed by atoms with Crippen molar-refractivity contribution in [2.24, 2.45) is 5.41 Å². The lowest BCUT2D eigenvalue weighted by atomic mass is 9.76. The summed E-state index contributed by atoms with van der Waals surface area (Å²) in [7, 11) is 0. The molecule has 0 atom stereocenters. The van der Waals surface area contributed by atoms with Crippen molar-refractivity contribution in [2.45, 2.75) is 66.7 Å². The van der Waals surface area contributed by atoms with Gasteiger partial charge in [0.1, 0.15) is 0 Å². The van der Waals surface area contributed by atoms with Crippen LogP contribution in [0.25, 0.3) is 0 Å². The van der Waals surface area contributed by atoms with Crippen LogP contribution in [0.5, 0.6) is 0 Å². The second-order valence-corrected chi connectivity index (χ2v) is 4.55. The molecule has 0 nitrogen and oxygen atoms in total. The Morgan fingerprint density at radius 2 is 1.47 bits per heavy atom. The van der Waals surface area contributed by atoms with Crippen LogP contribution in [0.3, 0.4) is 0 Å². The SMILES string of the molecule is CCC1=CC(CC)(CC)C(CC)=C1CC. The third-order valence-electron chi connectivity index (χ3n) is 4.15. The molecule has 0 saturated carbocycles. The summed E-state index contributed by atoms with van der Waals surface area (Å²) in [5, 5.41) is 0. The summed E-state index contributed by atoms with van der Waals surface area (Å²) in [4.78, 5) is 0. The maximum absolute atomic E-state index is 2.57. The molecule has 0 N–H and O–H groups in total. The van der Waals surface area contributed by atoms with E-state index in [0.29, 0.717) is 5.41 Å². The van der Waals surface area contributed by atoms with Crippen LogP contribution in [0.4, 0.5) is 0 Å². The summed E-state index contributed by atoms with van der Waals surface area (Å²) in [5.41, 5.74) is 5.43. The molecule has 0 bridgehead atoms. The standard InChI is InChI=1S/C15H26/c1-6-12-11-15(9-4,10-5)14(8-3)13(12)7-2/h11H,6-10H2,1-5H3. The topological polar surface area (TPSA) is 0 Å². The highest BCUT2D eigenvalue weighted by atomic mass is 14.4. The number of allylic oxidation sites excluding steroid dienone is 4. The van der Waals surface area contributed by atoms with Gasteiger partial charge >= 0.3 is 0 Å². The Bertz CT molecular complexity index is 274. The van der Waals surface area contributed by atoms with Gasteiger partial charge in [0.05, 0.1) is 0 Å². The molecule has 86 valence electrons. The largest absolute Gasteiger partial charge is 0.0708 e. The summed E-state index contributed by atoms with van der Waals surface area (Å²) in [6.07, 6.45) is 8.74. The summed E-state index contributed by atoms with van der Waals surface area (Å²) < 4.78 is 0. The van der Waals surface area contributed by atoms with Gasteiger partial charge < -0.3 is 0 Å². The molecule has 0 fully saturated rings. The Morgan fingerprint density at radius 3 is 1.80 bits per heavy atom. The molecule has 0 aliphatic heterocycles. The van der Waals surface area contributed by atoms with Crippen LogP contribution in [-0.4, -0.2) is 0 Å². The van der Waals surface area contributed by atoms with Crippen LogP contribution >= 0.6 is 0 Å². The van der Waals surface area contributed by atoms with E-state index in [0.717, 1.165) is 0 Å². The number of hydrogen-bond donors (Lipinski definition) is 0. The van der Waals surface area contributed by atoms with Gasteiger partial charge in [-0.15, -0.1) is 0 Å². The first kappa shape index (κ1) is 12.5. The molecule has 15 heavy (non-hydrogen) atoms. The van der Waals surface area contributed by atoms with Crippen LogP contribution in [-0.2, 0) is 0 Å². The minimum absolute atomic E-state index is 0.408. The quantitative estimate of drug-likeness (QED) is 0.575. The zero-order valence-electron chi connectivity index (χ0n) is 11.1. The highest BCUT2D eigenvalue weighted by Crippen LogP contribution is 2.49. The zero-order valence-corrected chi connectivity index (χ0v) is 11.1. The van der Waals surface area contributed by atoms with Gasteiger partial charge in [-0.1, -0.05) is 46.3 Å². The summed E-state index contributed by atoms with van der Waals surface area (Å²) in [6.45, 7) is 11.6. The first-order chi connectivity index (χ1) is 7.18. The van der Waals surface area contributed by atoms with Crippen molar-refractivity contribution < 1.29 is 0 Å². The van der Waals surface area contributed by atoms with Crippen LogP contribution in [0.15, 0.2) is 22.8 Å². The normalized spacial score (nSPS) is 19.7. The minimum atomic E-state index is 0.408. The van der Waals surface area contributed by atoms with E-state index >= 15 is 0 Å². The van der Waals surface area contributed by atoms with E-state index in [9.17, 15) is 0 Å². The molecule has 0 spiro atoms. The Labute approximate surface area is 95.5 Å². The van der Waals surface area contributed by atoms with Gasteiger partial charge in [-0.25, -0.2) is 0 Å². The van der Waals surface area contributed by atoms with E-state index < -0.39 is 0 Å². The van der Waals surface area contributed by atoms with Gasteiger partial charge in [0, 0.05) is 5.41 Å². The molecular weight excluding hydrogens is 180 g/mol. The van der Waals surface area contributed by atoms with Gasteiger partial charge in [0.2, 0.25) is 0 Å². The van der Waals surface area contributed by atoms with E-state index in [1.165, 1.54) is 32.1 Å². The van der Waals surface area contributed by atoms with Crippen molar-refractivity contribution >= 4 is 0 Å². The third-order valence-corrected chi connectivity index (χ3v) is 4.15. The van der Waals surface area contributed by atoms with Crippen molar-refractivity contribution in [1.29, 1.82) is 0 Å². The van der Waals surface area contributed by atoms with Crippen LogP contribution in [0.1, 0.15) is 66.7 Å². The molecule has 0 heteroatoms. The number of hydrogen-bond acceptors (Lipinski definition) is 0. The predicted octanol–water partition coefficient (Wildman–Crippen LogP) is 5.26. The lowest BCUT2D eigenvalue weighted by Crippen LogP contribution is -2.16. The lowest BCUT2D eigenvalue weighted by Gasteiger charge is -2.28. The molecule has 0 heterocycles. The molecule has 0 radical (unpaired) electrons. The maximum Gasteiger partial charge on any atom is 0.00972 e. The first-order valence-corrected chi connectivity index (χ1v) is 6.63. The molecule has 0 aromatic heterocycles. The molecule has 0 amide bonds. The van der Waals surface area contributed by atoms with Gasteiger partial charge in [-0.05, 0) is 43.3 Å². The predicted molar refractivity (Wildman–Crippen MR) is 69.0 cm³/mol. The van der Waals surface area contributed by atoms with E-state index in [1.54, 1.807) is 16.7 Å². The van der Waals surface area contributed by atoms with Crippen LogP contribution in [0, 0.1) is 5.41 Å². The Kier molecular flexibility index (Phi) is 4.19. The van der Waals surface area contributed by atoms with Crippen molar-refractivity contribution in [2.75, 3.05) is 0 Å².